The number of hydrogen-bond donors (Lipinski definition) is 0. The largest absolute Gasteiger partial charge is 0.381 e. The van der Waals surface area contributed by atoms with Crippen LogP contribution in [0.25, 0.3) is 0 Å². The first-order valence-corrected chi connectivity index (χ1v) is 4.46. The quantitative estimate of drug-likeness (QED) is 0.483. The van der Waals surface area contributed by atoms with Gasteiger partial charge in [-0.25, -0.2) is 0 Å². The molecule has 0 aromatic rings. The van der Waals surface area contributed by atoms with E-state index in [2.05, 4.69) is 0 Å². The van der Waals surface area contributed by atoms with Crippen molar-refractivity contribution in [1.29, 1.82) is 0 Å². The minimum Gasteiger partial charge on any atom is -0.381 e. The molecule has 0 amide bonds. The van der Waals surface area contributed by atoms with E-state index in [0.717, 1.165) is 25.5 Å². The van der Waals surface area contributed by atoms with E-state index in [0.29, 0.717) is 19.1 Å². The van der Waals surface area contributed by atoms with Crippen molar-refractivity contribution < 1.29 is 9.53 Å². The third kappa shape index (κ3) is 2.17. The Morgan fingerprint density at radius 2 is 2.09 bits per heavy atom. The average Bonchev–Trinajstić information content (AvgIpc) is 2.07. The SMILES string of the molecule is O=CC1(CCCl)CCOCC1. The maximum absolute atomic E-state index is 10.8. The molecular weight excluding hydrogens is 164 g/mol. The number of hydrogen-bond acceptors (Lipinski definition) is 2. The predicted molar refractivity (Wildman–Crippen MR) is 43.9 cm³/mol. The first-order valence-electron chi connectivity index (χ1n) is 3.93. The molecule has 1 aliphatic rings. The number of rotatable bonds is 3. The molecule has 0 atom stereocenters. The lowest BCUT2D eigenvalue weighted by atomic mass is 9.79. The van der Waals surface area contributed by atoms with Gasteiger partial charge in [0, 0.05) is 24.5 Å². The normalized spacial score (nSPS) is 23.0. The molecule has 0 bridgehead atoms. The van der Waals surface area contributed by atoms with Gasteiger partial charge < -0.3 is 9.53 Å². The third-order valence-electron chi connectivity index (χ3n) is 2.33. The van der Waals surface area contributed by atoms with Gasteiger partial charge in [-0.1, -0.05) is 0 Å². The first-order chi connectivity index (χ1) is 5.33. The number of carbonyl (C=O) groups excluding carboxylic acids is 1. The van der Waals surface area contributed by atoms with E-state index in [1.165, 1.54) is 0 Å². The maximum atomic E-state index is 10.8. The van der Waals surface area contributed by atoms with Gasteiger partial charge in [0.1, 0.15) is 6.29 Å². The van der Waals surface area contributed by atoms with Gasteiger partial charge in [-0.3, -0.25) is 0 Å². The molecule has 1 saturated heterocycles. The molecule has 0 spiro atoms. The molecule has 1 fully saturated rings. The van der Waals surface area contributed by atoms with E-state index >= 15 is 0 Å². The van der Waals surface area contributed by atoms with Crippen LogP contribution in [0.2, 0.25) is 0 Å². The molecule has 0 saturated carbocycles. The average molecular weight is 177 g/mol. The number of aldehydes is 1. The highest BCUT2D eigenvalue weighted by atomic mass is 35.5. The Balaban J connectivity index is 2.49. The van der Waals surface area contributed by atoms with E-state index in [-0.39, 0.29) is 5.41 Å². The molecule has 0 aliphatic carbocycles. The minimum atomic E-state index is -0.167. The molecule has 0 aromatic heterocycles. The summed E-state index contributed by atoms with van der Waals surface area (Å²) >= 11 is 5.60. The molecule has 0 N–H and O–H groups in total. The summed E-state index contributed by atoms with van der Waals surface area (Å²) < 4.78 is 5.17. The highest BCUT2D eigenvalue weighted by Crippen LogP contribution is 2.31. The predicted octanol–water partition coefficient (Wildman–Crippen LogP) is 1.61. The molecule has 3 heteroatoms. The zero-order valence-electron chi connectivity index (χ0n) is 6.51. The summed E-state index contributed by atoms with van der Waals surface area (Å²) in [6.07, 6.45) is 3.52. The summed E-state index contributed by atoms with van der Waals surface area (Å²) in [6, 6.07) is 0. The fourth-order valence-corrected chi connectivity index (χ4v) is 1.77. The summed E-state index contributed by atoms with van der Waals surface area (Å²) in [5, 5.41) is 0. The van der Waals surface area contributed by atoms with Gasteiger partial charge in [0.2, 0.25) is 0 Å². The van der Waals surface area contributed by atoms with Crippen molar-refractivity contribution in [2.75, 3.05) is 19.1 Å². The molecule has 1 heterocycles. The van der Waals surface area contributed by atoms with Crippen LogP contribution < -0.4 is 0 Å². The number of alkyl halides is 1. The van der Waals surface area contributed by atoms with Crippen molar-refractivity contribution in [3.8, 4) is 0 Å². The second-order valence-electron chi connectivity index (χ2n) is 3.03. The lowest BCUT2D eigenvalue weighted by molar-refractivity contribution is -0.121. The van der Waals surface area contributed by atoms with Crippen LogP contribution in [0.4, 0.5) is 0 Å². The van der Waals surface area contributed by atoms with E-state index in [1.807, 2.05) is 0 Å². The van der Waals surface area contributed by atoms with Gasteiger partial charge in [0.05, 0.1) is 0 Å². The second-order valence-corrected chi connectivity index (χ2v) is 3.41. The Morgan fingerprint density at radius 3 is 2.55 bits per heavy atom. The summed E-state index contributed by atoms with van der Waals surface area (Å²) in [4.78, 5) is 10.8. The lowest BCUT2D eigenvalue weighted by Crippen LogP contribution is -2.31. The van der Waals surface area contributed by atoms with Gasteiger partial charge in [-0.15, -0.1) is 11.6 Å². The van der Waals surface area contributed by atoms with Crippen molar-refractivity contribution in [2.45, 2.75) is 19.3 Å². The first kappa shape index (κ1) is 9.01. The van der Waals surface area contributed by atoms with Crippen LogP contribution >= 0.6 is 11.6 Å². The minimum absolute atomic E-state index is 0.167. The van der Waals surface area contributed by atoms with Gasteiger partial charge in [0.15, 0.2) is 0 Å². The Morgan fingerprint density at radius 1 is 1.45 bits per heavy atom. The van der Waals surface area contributed by atoms with Gasteiger partial charge in [-0.05, 0) is 19.3 Å². The van der Waals surface area contributed by atoms with Crippen molar-refractivity contribution in [2.24, 2.45) is 5.41 Å². The maximum Gasteiger partial charge on any atom is 0.126 e. The summed E-state index contributed by atoms with van der Waals surface area (Å²) in [7, 11) is 0. The molecule has 2 nitrogen and oxygen atoms in total. The summed E-state index contributed by atoms with van der Waals surface area (Å²) in [6.45, 7) is 1.41. The van der Waals surface area contributed by atoms with E-state index < -0.39 is 0 Å². The smallest absolute Gasteiger partial charge is 0.126 e. The topological polar surface area (TPSA) is 26.3 Å². The molecule has 64 valence electrons. The molecule has 0 radical (unpaired) electrons. The molecule has 11 heavy (non-hydrogen) atoms. The van der Waals surface area contributed by atoms with E-state index in [1.54, 1.807) is 0 Å². The van der Waals surface area contributed by atoms with Crippen LogP contribution in [0.5, 0.6) is 0 Å². The van der Waals surface area contributed by atoms with Crippen molar-refractivity contribution in [3.05, 3.63) is 0 Å². The third-order valence-corrected chi connectivity index (χ3v) is 2.52. The Labute approximate surface area is 71.9 Å². The zero-order chi connectivity index (χ0) is 8.16. The van der Waals surface area contributed by atoms with Gasteiger partial charge in [0.25, 0.3) is 0 Å². The summed E-state index contributed by atoms with van der Waals surface area (Å²) in [5.41, 5.74) is -0.167. The van der Waals surface area contributed by atoms with Crippen LogP contribution in [0.15, 0.2) is 0 Å². The van der Waals surface area contributed by atoms with E-state index in [9.17, 15) is 4.79 Å². The molecule has 0 unspecified atom stereocenters. The Bertz CT molecular complexity index is 125. The van der Waals surface area contributed by atoms with Crippen LogP contribution in [0, 0.1) is 5.41 Å². The van der Waals surface area contributed by atoms with Crippen LogP contribution in [-0.4, -0.2) is 25.4 Å². The van der Waals surface area contributed by atoms with Crippen molar-refractivity contribution in [3.63, 3.8) is 0 Å². The van der Waals surface area contributed by atoms with Crippen molar-refractivity contribution >= 4 is 17.9 Å². The summed E-state index contributed by atoms with van der Waals surface area (Å²) in [5.74, 6) is 0.568. The van der Waals surface area contributed by atoms with Crippen LogP contribution in [-0.2, 0) is 9.53 Å². The zero-order valence-corrected chi connectivity index (χ0v) is 7.27. The highest BCUT2D eigenvalue weighted by molar-refractivity contribution is 6.17. The monoisotopic (exact) mass is 176 g/mol. The molecule has 1 rings (SSSR count). The van der Waals surface area contributed by atoms with Gasteiger partial charge in [-0.2, -0.15) is 0 Å². The molecule has 1 aliphatic heterocycles. The number of ether oxygens (including phenoxy) is 1. The van der Waals surface area contributed by atoms with Gasteiger partial charge >= 0.3 is 0 Å². The highest BCUT2D eigenvalue weighted by Gasteiger charge is 2.31. The lowest BCUT2D eigenvalue weighted by Gasteiger charge is -2.31. The second kappa shape index (κ2) is 4.07. The van der Waals surface area contributed by atoms with Crippen molar-refractivity contribution in [1.82, 2.24) is 0 Å². The fraction of sp³-hybridized carbons (Fsp3) is 0.875. The molecular formula is C8H13ClO2. The fourth-order valence-electron chi connectivity index (χ4n) is 1.39. The number of carbonyl (C=O) groups is 1. The standard InChI is InChI=1S/C8H13ClO2/c9-4-1-8(7-10)2-5-11-6-3-8/h7H,1-6H2. The van der Waals surface area contributed by atoms with Crippen LogP contribution in [0.1, 0.15) is 19.3 Å². The van der Waals surface area contributed by atoms with Crippen LogP contribution in [0.3, 0.4) is 0 Å². The molecule has 0 aromatic carbocycles. The Kier molecular flexibility index (Phi) is 3.34. The number of halogens is 1. The van der Waals surface area contributed by atoms with E-state index in [4.69, 9.17) is 16.3 Å². The Hall–Kier alpha value is -0.0800.